The van der Waals surface area contributed by atoms with Gasteiger partial charge in [0.15, 0.2) is 9.84 Å². The number of hydrogen-bond acceptors (Lipinski definition) is 5. The second-order valence-corrected chi connectivity index (χ2v) is 6.33. The van der Waals surface area contributed by atoms with Crippen LogP contribution in [0.3, 0.4) is 0 Å². The van der Waals surface area contributed by atoms with Crippen molar-refractivity contribution in [3.63, 3.8) is 0 Å². The Balaban J connectivity index is 2.05. The summed E-state index contributed by atoms with van der Waals surface area (Å²) in [4.78, 5) is 8.08. The fourth-order valence-corrected chi connectivity index (χ4v) is 2.26. The third-order valence-electron chi connectivity index (χ3n) is 2.45. The highest BCUT2D eigenvalue weighted by Gasteiger charge is 2.06. The number of anilines is 1. The number of nitrogens with zero attached hydrogens (tertiary/aromatic N) is 2. The Morgan fingerprint density at radius 1 is 1.21 bits per heavy atom. The molecule has 7 heteroatoms. The van der Waals surface area contributed by atoms with Crippen LogP contribution in [-0.4, -0.2) is 24.6 Å². The topological polar surface area (TPSA) is 72.0 Å². The monoisotopic (exact) mass is 297 g/mol. The molecular weight excluding hydrogens is 286 g/mol. The van der Waals surface area contributed by atoms with E-state index < -0.39 is 9.84 Å². The molecule has 0 saturated heterocycles. The van der Waals surface area contributed by atoms with Crippen LogP contribution in [0.25, 0.3) is 0 Å². The van der Waals surface area contributed by atoms with Crippen LogP contribution >= 0.6 is 11.6 Å². The standard InChI is InChI=1S/C12H12ClN3O2S/c1-19(17,18)10-4-2-9(3-5-10)8-15-11-6-7-14-12(13)16-11/h2-7H,8H2,1H3,(H,14,15,16). The molecule has 0 amide bonds. The molecular formula is C12H12ClN3O2S. The molecule has 0 aliphatic rings. The molecule has 1 aromatic carbocycles. The molecule has 19 heavy (non-hydrogen) atoms. The minimum Gasteiger partial charge on any atom is -0.366 e. The van der Waals surface area contributed by atoms with Crippen molar-refractivity contribution >= 4 is 27.3 Å². The SMILES string of the molecule is CS(=O)(=O)c1ccc(CNc2ccnc(Cl)n2)cc1. The maximum atomic E-state index is 11.3. The summed E-state index contributed by atoms with van der Waals surface area (Å²) in [6.45, 7) is 0.525. The lowest BCUT2D eigenvalue weighted by molar-refractivity contribution is 0.602. The largest absolute Gasteiger partial charge is 0.366 e. The lowest BCUT2D eigenvalue weighted by Crippen LogP contribution is -2.02. The Morgan fingerprint density at radius 2 is 1.89 bits per heavy atom. The molecule has 0 aliphatic carbocycles. The normalized spacial score (nSPS) is 11.3. The van der Waals surface area contributed by atoms with Crippen LogP contribution < -0.4 is 5.32 Å². The molecule has 100 valence electrons. The van der Waals surface area contributed by atoms with Crippen LogP contribution in [0.5, 0.6) is 0 Å². The van der Waals surface area contributed by atoms with E-state index in [4.69, 9.17) is 11.6 Å². The van der Waals surface area contributed by atoms with Crippen LogP contribution in [0.4, 0.5) is 5.82 Å². The summed E-state index contributed by atoms with van der Waals surface area (Å²) < 4.78 is 22.6. The number of sulfone groups is 1. The van der Waals surface area contributed by atoms with Gasteiger partial charge in [0, 0.05) is 19.0 Å². The van der Waals surface area contributed by atoms with Gasteiger partial charge in [-0.15, -0.1) is 0 Å². The third-order valence-corrected chi connectivity index (χ3v) is 3.76. The fourth-order valence-electron chi connectivity index (χ4n) is 1.48. The molecule has 0 aliphatic heterocycles. The highest BCUT2D eigenvalue weighted by molar-refractivity contribution is 7.90. The third kappa shape index (κ3) is 3.90. The van der Waals surface area contributed by atoms with Gasteiger partial charge in [-0.05, 0) is 35.4 Å². The second-order valence-electron chi connectivity index (χ2n) is 3.98. The molecule has 5 nitrogen and oxygen atoms in total. The summed E-state index contributed by atoms with van der Waals surface area (Å²) in [6, 6.07) is 8.38. The van der Waals surface area contributed by atoms with E-state index in [0.29, 0.717) is 17.3 Å². The first-order chi connectivity index (χ1) is 8.95. The Bertz CT molecular complexity index is 672. The van der Waals surface area contributed by atoms with Crippen molar-refractivity contribution < 1.29 is 8.42 Å². The first kappa shape index (κ1) is 13.8. The lowest BCUT2D eigenvalue weighted by atomic mass is 10.2. The van der Waals surface area contributed by atoms with Crippen molar-refractivity contribution in [1.29, 1.82) is 0 Å². The van der Waals surface area contributed by atoms with E-state index in [1.807, 2.05) is 0 Å². The molecule has 0 fully saturated rings. The first-order valence-corrected chi connectivity index (χ1v) is 7.73. The van der Waals surface area contributed by atoms with E-state index in [-0.39, 0.29) is 5.28 Å². The predicted octanol–water partition coefficient (Wildman–Crippen LogP) is 2.15. The van der Waals surface area contributed by atoms with Gasteiger partial charge in [0.1, 0.15) is 5.82 Å². The van der Waals surface area contributed by atoms with Crippen molar-refractivity contribution in [3.05, 3.63) is 47.4 Å². The molecule has 0 spiro atoms. The summed E-state index contributed by atoms with van der Waals surface area (Å²) in [5.41, 5.74) is 0.946. The summed E-state index contributed by atoms with van der Waals surface area (Å²) in [5.74, 6) is 0.618. The van der Waals surface area contributed by atoms with Crippen molar-refractivity contribution in [3.8, 4) is 0 Å². The van der Waals surface area contributed by atoms with Gasteiger partial charge >= 0.3 is 0 Å². The summed E-state index contributed by atoms with van der Waals surface area (Å²) in [5, 5.41) is 3.25. The Labute approximate surface area is 116 Å². The van der Waals surface area contributed by atoms with Gasteiger partial charge in [-0.2, -0.15) is 0 Å². The molecule has 0 atom stereocenters. The van der Waals surface area contributed by atoms with Crippen molar-refractivity contribution in [2.75, 3.05) is 11.6 Å². The zero-order chi connectivity index (χ0) is 13.9. The van der Waals surface area contributed by atoms with Gasteiger partial charge in [0.2, 0.25) is 5.28 Å². The van der Waals surface area contributed by atoms with Crippen LogP contribution in [-0.2, 0) is 16.4 Å². The highest BCUT2D eigenvalue weighted by atomic mass is 35.5. The van der Waals surface area contributed by atoms with E-state index in [9.17, 15) is 8.42 Å². The zero-order valence-electron chi connectivity index (χ0n) is 10.2. The number of benzene rings is 1. The van der Waals surface area contributed by atoms with Gasteiger partial charge in [0.25, 0.3) is 0 Å². The fraction of sp³-hybridized carbons (Fsp3) is 0.167. The quantitative estimate of drug-likeness (QED) is 0.876. The van der Waals surface area contributed by atoms with E-state index >= 15 is 0 Å². The number of hydrogen-bond donors (Lipinski definition) is 1. The minimum atomic E-state index is -3.15. The average molecular weight is 298 g/mol. The molecule has 0 bridgehead atoms. The van der Waals surface area contributed by atoms with Crippen LogP contribution in [0, 0.1) is 0 Å². The van der Waals surface area contributed by atoms with E-state index in [1.165, 1.54) is 6.26 Å². The molecule has 1 heterocycles. The molecule has 1 N–H and O–H groups in total. The van der Waals surface area contributed by atoms with E-state index in [0.717, 1.165) is 5.56 Å². The lowest BCUT2D eigenvalue weighted by Gasteiger charge is -2.06. The van der Waals surface area contributed by atoms with Crippen LogP contribution in [0.1, 0.15) is 5.56 Å². The van der Waals surface area contributed by atoms with Crippen molar-refractivity contribution in [2.45, 2.75) is 11.4 Å². The maximum Gasteiger partial charge on any atom is 0.224 e. The number of nitrogens with one attached hydrogen (secondary N) is 1. The van der Waals surface area contributed by atoms with Gasteiger partial charge in [-0.25, -0.2) is 18.4 Å². The second kappa shape index (κ2) is 5.54. The van der Waals surface area contributed by atoms with Gasteiger partial charge in [0.05, 0.1) is 4.90 Å². The van der Waals surface area contributed by atoms with Crippen molar-refractivity contribution in [2.24, 2.45) is 0 Å². The average Bonchev–Trinajstić information content (AvgIpc) is 2.36. The summed E-state index contributed by atoms with van der Waals surface area (Å²) in [7, 11) is -3.15. The van der Waals surface area contributed by atoms with Gasteiger partial charge in [-0.1, -0.05) is 12.1 Å². The van der Waals surface area contributed by atoms with E-state index in [2.05, 4.69) is 15.3 Å². The molecule has 2 aromatic rings. The summed E-state index contributed by atoms with van der Waals surface area (Å²) >= 11 is 5.67. The Kier molecular flexibility index (Phi) is 4.01. The minimum absolute atomic E-state index is 0.178. The summed E-state index contributed by atoms with van der Waals surface area (Å²) in [6.07, 6.45) is 2.74. The molecule has 1 aromatic heterocycles. The maximum absolute atomic E-state index is 11.3. The molecule has 0 saturated carbocycles. The van der Waals surface area contributed by atoms with Crippen LogP contribution in [0.15, 0.2) is 41.4 Å². The Hall–Kier alpha value is -1.66. The first-order valence-electron chi connectivity index (χ1n) is 5.46. The van der Waals surface area contributed by atoms with Crippen molar-refractivity contribution in [1.82, 2.24) is 9.97 Å². The number of halogens is 1. The van der Waals surface area contributed by atoms with E-state index in [1.54, 1.807) is 36.5 Å². The van der Waals surface area contributed by atoms with Gasteiger partial charge < -0.3 is 5.32 Å². The van der Waals surface area contributed by atoms with Gasteiger partial charge in [-0.3, -0.25) is 0 Å². The molecule has 0 radical (unpaired) electrons. The zero-order valence-corrected chi connectivity index (χ0v) is 11.7. The predicted molar refractivity (Wildman–Crippen MR) is 73.9 cm³/mol. The Morgan fingerprint density at radius 3 is 2.47 bits per heavy atom. The molecule has 2 rings (SSSR count). The molecule has 0 unspecified atom stereocenters. The smallest absolute Gasteiger partial charge is 0.224 e. The number of rotatable bonds is 4. The van der Waals surface area contributed by atoms with Crippen LogP contribution in [0.2, 0.25) is 5.28 Å². The number of aromatic nitrogens is 2. The highest BCUT2D eigenvalue weighted by Crippen LogP contribution is 2.12.